The summed E-state index contributed by atoms with van der Waals surface area (Å²) >= 11 is 0. The molecule has 106 valence electrons. The summed E-state index contributed by atoms with van der Waals surface area (Å²) in [5.41, 5.74) is 6.98. The molecule has 0 aliphatic heterocycles. The van der Waals surface area contributed by atoms with Crippen LogP contribution in [0.2, 0.25) is 0 Å². The maximum Gasteiger partial charge on any atom is 0.287 e. The Morgan fingerprint density at radius 1 is 1.40 bits per heavy atom. The van der Waals surface area contributed by atoms with Gasteiger partial charge in [0.15, 0.2) is 5.76 Å². The molecule has 5 heteroatoms. The zero-order valence-electron chi connectivity index (χ0n) is 11.1. The average Bonchev–Trinajstić information content (AvgIpc) is 3.01. The topological polar surface area (TPSA) is 88.5 Å². The number of anilines is 1. The number of benzene rings is 1. The molecule has 20 heavy (non-hydrogen) atoms. The lowest BCUT2D eigenvalue weighted by molar-refractivity contribution is 0.0892. The second-order valence-electron chi connectivity index (χ2n) is 5.38. The number of nitrogens with two attached hydrogens (primary N) is 1. The number of hydrogen-bond acceptors (Lipinski definition) is 4. The molecule has 3 rings (SSSR count). The minimum Gasteiger partial charge on any atom is -0.451 e. The second kappa shape index (κ2) is 5.17. The Balaban J connectivity index is 1.69. The zero-order valence-corrected chi connectivity index (χ0v) is 11.1. The van der Waals surface area contributed by atoms with Crippen LogP contribution in [0.25, 0.3) is 11.0 Å². The number of carbonyl (C=O) groups is 1. The van der Waals surface area contributed by atoms with Crippen LogP contribution in [0, 0.1) is 5.92 Å². The maximum atomic E-state index is 12.0. The first-order chi connectivity index (χ1) is 9.63. The number of fused-ring (bicyclic) bond motifs is 1. The Labute approximate surface area is 116 Å². The Hall–Kier alpha value is -2.01. The van der Waals surface area contributed by atoms with Crippen LogP contribution in [-0.4, -0.2) is 23.7 Å². The summed E-state index contributed by atoms with van der Waals surface area (Å²) in [7, 11) is 0. The molecule has 0 radical (unpaired) electrons. The monoisotopic (exact) mass is 274 g/mol. The van der Waals surface area contributed by atoms with Gasteiger partial charge in [0.25, 0.3) is 5.91 Å². The lowest BCUT2D eigenvalue weighted by Crippen LogP contribution is -2.32. The van der Waals surface area contributed by atoms with Gasteiger partial charge in [0, 0.05) is 23.5 Å². The molecule has 1 fully saturated rings. The SMILES string of the molecule is Nc1ccc2oc(C(=O)NCC3CCCC3O)cc2c1. The van der Waals surface area contributed by atoms with E-state index in [1.165, 1.54) is 0 Å². The van der Waals surface area contributed by atoms with E-state index in [1.54, 1.807) is 24.3 Å². The van der Waals surface area contributed by atoms with Crippen LogP contribution < -0.4 is 11.1 Å². The number of nitrogens with one attached hydrogen (secondary N) is 1. The molecule has 2 atom stereocenters. The Bertz CT molecular complexity index is 635. The first kappa shape index (κ1) is 13.0. The van der Waals surface area contributed by atoms with E-state index >= 15 is 0 Å². The molecular weight excluding hydrogens is 256 g/mol. The molecule has 1 amide bonds. The highest BCUT2D eigenvalue weighted by Gasteiger charge is 2.25. The van der Waals surface area contributed by atoms with Crippen molar-refractivity contribution >= 4 is 22.6 Å². The zero-order chi connectivity index (χ0) is 14.1. The van der Waals surface area contributed by atoms with Crippen LogP contribution in [0.1, 0.15) is 29.8 Å². The van der Waals surface area contributed by atoms with Gasteiger partial charge in [-0.2, -0.15) is 0 Å². The number of amides is 1. The summed E-state index contributed by atoms with van der Waals surface area (Å²) in [5.74, 6) is 0.177. The van der Waals surface area contributed by atoms with Crippen LogP contribution in [0.3, 0.4) is 0 Å². The van der Waals surface area contributed by atoms with Gasteiger partial charge in [-0.05, 0) is 37.1 Å². The number of nitrogen functional groups attached to an aromatic ring is 1. The third-order valence-corrected chi connectivity index (χ3v) is 3.91. The summed E-state index contributed by atoms with van der Waals surface area (Å²) in [4.78, 5) is 12.0. The highest BCUT2D eigenvalue weighted by Crippen LogP contribution is 2.25. The lowest BCUT2D eigenvalue weighted by atomic mass is 10.1. The number of carbonyl (C=O) groups excluding carboxylic acids is 1. The maximum absolute atomic E-state index is 12.0. The van der Waals surface area contributed by atoms with E-state index in [2.05, 4.69) is 5.32 Å². The second-order valence-corrected chi connectivity index (χ2v) is 5.38. The minimum absolute atomic E-state index is 0.152. The first-order valence-corrected chi connectivity index (χ1v) is 6.89. The van der Waals surface area contributed by atoms with Crippen LogP contribution in [0.15, 0.2) is 28.7 Å². The number of hydrogen-bond donors (Lipinski definition) is 3. The lowest BCUT2D eigenvalue weighted by Gasteiger charge is -2.14. The fraction of sp³-hybridized carbons (Fsp3) is 0.400. The molecule has 2 unspecified atom stereocenters. The molecule has 1 aliphatic rings. The van der Waals surface area contributed by atoms with E-state index in [-0.39, 0.29) is 23.7 Å². The predicted octanol–water partition coefficient (Wildman–Crippen LogP) is 1.91. The summed E-state index contributed by atoms with van der Waals surface area (Å²) < 4.78 is 5.50. The largest absolute Gasteiger partial charge is 0.451 e. The molecular formula is C15H18N2O3. The molecule has 4 N–H and O–H groups in total. The van der Waals surface area contributed by atoms with Gasteiger partial charge in [-0.3, -0.25) is 4.79 Å². The van der Waals surface area contributed by atoms with E-state index in [9.17, 15) is 9.90 Å². The van der Waals surface area contributed by atoms with Crippen molar-refractivity contribution in [1.29, 1.82) is 0 Å². The summed E-state index contributed by atoms with van der Waals surface area (Å²) in [5, 5.41) is 13.4. The van der Waals surface area contributed by atoms with Crippen LogP contribution in [0.5, 0.6) is 0 Å². The van der Waals surface area contributed by atoms with Gasteiger partial charge in [-0.25, -0.2) is 0 Å². The van der Waals surface area contributed by atoms with Gasteiger partial charge in [0.05, 0.1) is 6.10 Å². The molecule has 0 bridgehead atoms. The summed E-state index contributed by atoms with van der Waals surface area (Å²) in [6, 6.07) is 6.95. The Morgan fingerprint density at radius 3 is 3.00 bits per heavy atom. The average molecular weight is 274 g/mol. The van der Waals surface area contributed by atoms with Gasteiger partial charge in [-0.15, -0.1) is 0 Å². The smallest absolute Gasteiger partial charge is 0.287 e. The minimum atomic E-state index is -0.300. The van der Waals surface area contributed by atoms with Gasteiger partial charge in [0.2, 0.25) is 0 Å². The van der Waals surface area contributed by atoms with Crippen molar-refractivity contribution in [3.05, 3.63) is 30.0 Å². The van der Waals surface area contributed by atoms with Crippen LogP contribution in [-0.2, 0) is 0 Å². The van der Waals surface area contributed by atoms with Gasteiger partial charge in [0.1, 0.15) is 5.58 Å². The van der Waals surface area contributed by atoms with Crippen LogP contribution >= 0.6 is 0 Å². The molecule has 1 aliphatic carbocycles. The fourth-order valence-corrected chi connectivity index (χ4v) is 2.74. The van der Waals surface area contributed by atoms with E-state index in [0.717, 1.165) is 24.6 Å². The van der Waals surface area contributed by atoms with Crippen molar-refractivity contribution in [2.45, 2.75) is 25.4 Å². The Morgan fingerprint density at radius 2 is 2.25 bits per heavy atom. The fourth-order valence-electron chi connectivity index (χ4n) is 2.74. The van der Waals surface area contributed by atoms with Crippen molar-refractivity contribution in [2.75, 3.05) is 12.3 Å². The van der Waals surface area contributed by atoms with E-state index < -0.39 is 0 Å². The molecule has 0 spiro atoms. The third-order valence-electron chi connectivity index (χ3n) is 3.91. The summed E-state index contributed by atoms with van der Waals surface area (Å²) in [6.45, 7) is 0.485. The predicted molar refractivity (Wildman–Crippen MR) is 76.3 cm³/mol. The first-order valence-electron chi connectivity index (χ1n) is 6.89. The van der Waals surface area contributed by atoms with Crippen molar-refractivity contribution in [1.82, 2.24) is 5.32 Å². The van der Waals surface area contributed by atoms with Crippen LogP contribution in [0.4, 0.5) is 5.69 Å². The summed E-state index contributed by atoms with van der Waals surface area (Å²) in [6.07, 6.45) is 2.50. The molecule has 2 aromatic rings. The molecule has 1 heterocycles. The van der Waals surface area contributed by atoms with E-state index in [0.29, 0.717) is 17.8 Å². The van der Waals surface area contributed by atoms with E-state index in [1.807, 2.05) is 0 Å². The number of furan rings is 1. The highest BCUT2D eigenvalue weighted by atomic mass is 16.3. The van der Waals surface area contributed by atoms with Crippen molar-refractivity contribution in [3.8, 4) is 0 Å². The molecule has 1 aromatic carbocycles. The van der Waals surface area contributed by atoms with E-state index in [4.69, 9.17) is 10.2 Å². The van der Waals surface area contributed by atoms with Crippen molar-refractivity contribution in [2.24, 2.45) is 5.92 Å². The number of aliphatic hydroxyl groups is 1. The quantitative estimate of drug-likeness (QED) is 0.746. The van der Waals surface area contributed by atoms with Gasteiger partial charge >= 0.3 is 0 Å². The number of aliphatic hydroxyl groups excluding tert-OH is 1. The molecule has 1 aromatic heterocycles. The van der Waals surface area contributed by atoms with Gasteiger partial charge < -0.3 is 20.6 Å². The molecule has 0 saturated heterocycles. The molecule has 1 saturated carbocycles. The van der Waals surface area contributed by atoms with Crippen molar-refractivity contribution < 1.29 is 14.3 Å². The normalized spacial score (nSPS) is 22.2. The van der Waals surface area contributed by atoms with Gasteiger partial charge in [-0.1, -0.05) is 6.42 Å². The highest BCUT2D eigenvalue weighted by molar-refractivity contribution is 5.96. The standard InChI is InChI=1S/C15H18N2O3/c16-11-4-5-13-10(6-11)7-14(20-13)15(19)17-8-9-2-1-3-12(9)18/h4-7,9,12,18H,1-3,8,16H2,(H,17,19). The molecule has 5 nitrogen and oxygen atoms in total. The Kier molecular flexibility index (Phi) is 3.36. The number of rotatable bonds is 3. The van der Waals surface area contributed by atoms with Crippen molar-refractivity contribution in [3.63, 3.8) is 0 Å². The third kappa shape index (κ3) is 2.49.